The van der Waals surface area contributed by atoms with E-state index in [-0.39, 0.29) is 25.1 Å². The average molecular weight is 291 g/mol. The van der Waals surface area contributed by atoms with E-state index in [0.717, 1.165) is 19.3 Å². The second kappa shape index (κ2) is 6.04. The van der Waals surface area contributed by atoms with E-state index >= 15 is 0 Å². The molecule has 8 heteroatoms. The lowest BCUT2D eigenvalue weighted by Gasteiger charge is -2.34. The maximum Gasteiger partial charge on any atom is 0.246 e. The Morgan fingerprint density at radius 2 is 2.38 bits per heavy atom. The molecule has 1 saturated heterocycles. The van der Waals surface area contributed by atoms with E-state index in [4.69, 9.17) is 4.42 Å². The Hall–Kier alpha value is -2.22. The number of rotatable bonds is 4. The van der Waals surface area contributed by atoms with E-state index in [9.17, 15) is 9.90 Å². The molecule has 1 atom stereocenters. The molecule has 8 nitrogen and oxygen atoms in total. The fraction of sp³-hybridized carbons (Fsp3) is 0.538. The van der Waals surface area contributed by atoms with E-state index in [1.807, 2.05) is 0 Å². The lowest BCUT2D eigenvalue weighted by Crippen LogP contribution is -2.47. The summed E-state index contributed by atoms with van der Waals surface area (Å²) in [5.74, 6) is 0.766. The maximum absolute atomic E-state index is 12.3. The van der Waals surface area contributed by atoms with Crippen LogP contribution in [0.25, 0.3) is 11.6 Å². The van der Waals surface area contributed by atoms with Crippen molar-refractivity contribution < 1.29 is 14.3 Å². The number of aromatic nitrogens is 4. The standard InChI is InChI=1S/C13H17N5O3/c19-9-10-4-1-2-6-17(10)12(20)8-18-15-13(14-16-18)11-5-3-7-21-11/h3,5,7,10,19H,1-2,4,6,8-9H2. The van der Waals surface area contributed by atoms with Crippen LogP contribution in [0.2, 0.25) is 0 Å². The molecule has 112 valence electrons. The molecule has 1 unspecified atom stereocenters. The molecule has 1 amide bonds. The Kier molecular flexibility index (Phi) is 3.96. The summed E-state index contributed by atoms with van der Waals surface area (Å²) in [5, 5.41) is 21.2. The summed E-state index contributed by atoms with van der Waals surface area (Å²) in [6.07, 6.45) is 4.37. The van der Waals surface area contributed by atoms with Crippen molar-refractivity contribution in [3.05, 3.63) is 18.4 Å². The molecule has 0 saturated carbocycles. The molecule has 0 aromatic carbocycles. The quantitative estimate of drug-likeness (QED) is 0.870. The van der Waals surface area contributed by atoms with E-state index < -0.39 is 0 Å². The highest BCUT2D eigenvalue weighted by Crippen LogP contribution is 2.17. The number of piperidine rings is 1. The van der Waals surface area contributed by atoms with E-state index in [2.05, 4.69) is 15.4 Å². The van der Waals surface area contributed by atoms with Crippen LogP contribution in [0, 0.1) is 0 Å². The number of tetrazole rings is 1. The summed E-state index contributed by atoms with van der Waals surface area (Å²) >= 11 is 0. The van der Waals surface area contributed by atoms with E-state index in [0.29, 0.717) is 18.1 Å². The lowest BCUT2D eigenvalue weighted by molar-refractivity contribution is -0.137. The molecule has 0 aliphatic carbocycles. The summed E-state index contributed by atoms with van der Waals surface area (Å²) in [6.45, 7) is 0.683. The van der Waals surface area contributed by atoms with Gasteiger partial charge in [-0.25, -0.2) is 0 Å². The molecule has 1 aliphatic rings. The number of aliphatic hydroxyl groups excluding tert-OH is 1. The van der Waals surface area contributed by atoms with E-state index in [1.165, 1.54) is 11.1 Å². The maximum atomic E-state index is 12.3. The number of likely N-dealkylation sites (tertiary alicyclic amines) is 1. The van der Waals surface area contributed by atoms with Gasteiger partial charge in [-0.1, -0.05) is 0 Å². The normalized spacial score (nSPS) is 18.9. The van der Waals surface area contributed by atoms with Crippen LogP contribution in [0.15, 0.2) is 22.8 Å². The third-order valence-corrected chi connectivity index (χ3v) is 3.63. The first-order valence-electron chi connectivity index (χ1n) is 7.00. The molecule has 0 bridgehead atoms. The number of amides is 1. The van der Waals surface area contributed by atoms with Gasteiger partial charge in [-0.2, -0.15) is 4.80 Å². The predicted octanol–water partition coefficient (Wildman–Crippen LogP) is 0.306. The van der Waals surface area contributed by atoms with Crippen molar-refractivity contribution in [2.75, 3.05) is 13.2 Å². The van der Waals surface area contributed by atoms with Crippen LogP contribution in [0.4, 0.5) is 0 Å². The highest BCUT2D eigenvalue weighted by atomic mass is 16.3. The number of carbonyl (C=O) groups is 1. The first-order chi connectivity index (χ1) is 10.3. The average Bonchev–Trinajstić information content (AvgIpc) is 3.17. The third-order valence-electron chi connectivity index (χ3n) is 3.63. The van der Waals surface area contributed by atoms with Crippen LogP contribution >= 0.6 is 0 Å². The smallest absolute Gasteiger partial charge is 0.246 e. The molecule has 1 aliphatic heterocycles. The molecular formula is C13H17N5O3. The number of furan rings is 1. The number of hydrogen-bond donors (Lipinski definition) is 1. The number of carbonyl (C=O) groups excluding carboxylic acids is 1. The van der Waals surface area contributed by atoms with Gasteiger partial charge in [-0.15, -0.1) is 10.2 Å². The lowest BCUT2D eigenvalue weighted by atomic mass is 10.0. The number of aliphatic hydroxyl groups is 1. The Balaban J connectivity index is 1.67. The van der Waals surface area contributed by atoms with Gasteiger partial charge in [0, 0.05) is 6.54 Å². The second-order valence-corrected chi connectivity index (χ2v) is 5.04. The van der Waals surface area contributed by atoms with Gasteiger partial charge in [0.25, 0.3) is 0 Å². The second-order valence-electron chi connectivity index (χ2n) is 5.04. The Labute approximate surface area is 121 Å². The van der Waals surface area contributed by atoms with Crippen LogP contribution in [-0.2, 0) is 11.3 Å². The van der Waals surface area contributed by atoms with Gasteiger partial charge in [-0.05, 0) is 36.6 Å². The summed E-state index contributed by atoms with van der Waals surface area (Å²) < 4.78 is 5.18. The molecular weight excluding hydrogens is 274 g/mol. The van der Waals surface area contributed by atoms with Crippen molar-refractivity contribution >= 4 is 5.91 Å². The summed E-state index contributed by atoms with van der Waals surface area (Å²) in [5.41, 5.74) is 0. The molecule has 1 fully saturated rings. The monoisotopic (exact) mass is 291 g/mol. The van der Waals surface area contributed by atoms with Gasteiger partial charge in [-0.3, -0.25) is 4.79 Å². The van der Waals surface area contributed by atoms with Crippen molar-refractivity contribution in [1.29, 1.82) is 0 Å². The highest BCUT2D eigenvalue weighted by molar-refractivity contribution is 5.76. The molecule has 3 rings (SSSR count). The van der Waals surface area contributed by atoms with Gasteiger partial charge < -0.3 is 14.4 Å². The zero-order chi connectivity index (χ0) is 14.7. The summed E-state index contributed by atoms with van der Waals surface area (Å²) in [4.78, 5) is 15.3. The van der Waals surface area contributed by atoms with Gasteiger partial charge in [0.1, 0.15) is 6.54 Å². The Morgan fingerprint density at radius 3 is 3.14 bits per heavy atom. The Bertz CT molecular complexity index is 595. The minimum Gasteiger partial charge on any atom is -0.461 e. The largest absolute Gasteiger partial charge is 0.461 e. The third kappa shape index (κ3) is 2.94. The fourth-order valence-electron chi connectivity index (χ4n) is 2.55. The zero-order valence-corrected chi connectivity index (χ0v) is 11.6. The van der Waals surface area contributed by atoms with Crippen molar-refractivity contribution in [3.63, 3.8) is 0 Å². The van der Waals surface area contributed by atoms with Crippen molar-refractivity contribution in [3.8, 4) is 11.6 Å². The SMILES string of the molecule is O=C(Cn1nnc(-c2ccco2)n1)N1CCCCC1CO. The first kappa shape index (κ1) is 13.7. The molecule has 0 radical (unpaired) electrons. The summed E-state index contributed by atoms with van der Waals surface area (Å²) in [7, 11) is 0. The van der Waals surface area contributed by atoms with Crippen molar-refractivity contribution in [2.24, 2.45) is 0 Å². The predicted molar refractivity (Wildman–Crippen MR) is 72.0 cm³/mol. The highest BCUT2D eigenvalue weighted by Gasteiger charge is 2.26. The van der Waals surface area contributed by atoms with Gasteiger partial charge in [0.2, 0.25) is 11.7 Å². The fourth-order valence-corrected chi connectivity index (χ4v) is 2.55. The van der Waals surface area contributed by atoms with Crippen molar-refractivity contribution in [1.82, 2.24) is 25.1 Å². The Morgan fingerprint density at radius 1 is 1.48 bits per heavy atom. The van der Waals surface area contributed by atoms with Crippen molar-refractivity contribution in [2.45, 2.75) is 31.8 Å². The minimum atomic E-state index is -0.0999. The molecule has 2 aromatic rings. The van der Waals surface area contributed by atoms with Crippen LogP contribution < -0.4 is 0 Å². The topological polar surface area (TPSA) is 97.3 Å². The van der Waals surface area contributed by atoms with Crippen LogP contribution in [0.5, 0.6) is 0 Å². The number of hydrogen-bond acceptors (Lipinski definition) is 6. The van der Waals surface area contributed by atoms with E-state index in [1.54, 1.807) is 17.0 Å². The van der Waals surface area contributed by atoms with Crippen LogP contribution in [0.3, 0.4) is 0 Å². The van der Waals surface area contributed by atoms with Gasteiger partial charge >= 0.3 is 0 Å². The zero-order valence-electron chi connectivity index (χ0n) is 11.6. The molecule has 3 heterocycles. The van der Waals surface area contributed by atoms with Crippen LogP contribution in [0.1, 0.15) is 19.3 Å². The number of nitrogens with zero attached hydrogens (tertiary/aromatic N) is 5. The first-order valence-corrected chi connectivity index (χ1v) is 7.00. The van der Waals surface area contributed by atoms with Gasteiger partial charge in [0.15, 0.2) is 5.76 Å². The summed E-state index contributed by atoms with van der Waals surface area (Å²) in [6, 6.07) is 3.37. The molecule has 21 heavy (non-hydrogen) atoms. The molecule has 0 spiro atoms. The molecule has 1 N–H and O–H groups in total. The van der Waals surface area contributed by atoms with Gasteiger partial charge in [0.05, 0.1) is 18.9 Å². The van der Waals surface area contributed by atoms with Crippen LogP contribution in [-0.4, -0.2) is 55.3 Å². The minimum absolute atomic E-state index is 0.00578. The molecule has 2 aromatic heterocycles.